The molecule has 1 fully saturated rings. The lowest BCUT2D eigenvalue weighted by atomic mass is 10.2. The maximum atomic E-state index is 12.1. The van der Waals surface area contributed by atoms with Gasteiger partial charge in [-0.2, -0.15) is 0 Å². The molecular weight excluding hydrogens is 286 g/mol. The maximum Gasteiger partial charge on any atom is 0.238 e. The van der Waals surface area contributed by atoms with Crippen LogP contribution in [0.15, 0.2) is 0 Å². The molecule has 5 nitrogen and oxygen atoms in total. The van der Waals surface area contributed by atoms with E-state index in [1.807, 2.05) is 23.6 Å². The Morgan fingerprint density at radius 1 is 1.24 bits per heavy atom. The van der Waals surface area contributed by atoms with Crippen LogP contribution in [0.2, 0.25) is 0 Å². The molecule has 1 heterocycles. The fourth-order valence-electron chi connectivity index (χ4n) is 1.93. The van der Waals surface area contributed by atoms with Crippen molar-refractivity contribution in [1.82, 2.24) is 9.80 Å². The van der Waals surface area contributed by atoms with E-state index in [0.29, 0.717) is 13.1 Å². The van der Waals surface area contributed by atoms with E-state index in [2.05, 4.69) is 15.9 Å². The SMILES string of the molecule is CC(C)(Br)C(=O)N1CCCN(CC(N)=O)CC1. The molecule has 0 atom stereocenters. The lowest BCUT2D eigenvalue weighted by Gasteiger charge is -2.27. The molecule has 0 aromatic rings. The van der Waals surface area contributed by atoms with Crippen molar-refractivity contribution in [2.24, 2.45) is 5.73 Å². The number of alkyl halides is 1. The van der Waals surface area contributed by atoms with Gasteiger partial charge in [0.25, 0.3) is 0 Å². The number of rotatable bonds is 3. The summed E-state index contributed by atoms with van der Waals surface area (Å²) in [5, 5.41) is 0. The predicted molar refractivity (Wildman–Crippen MR) is 69.8 cm³/mol. The summed E-state index contributed by atoms with van der Waals surface area (Å²) in [5.41, 5.74) is 5.17. The van der Waals surface area contributed by atoms with E-state index in [1.54, 1.807) is 0 Å². The van der Waals surface area contributed by atoms with Crippen LogP contribution in [0.25, 0.3) is 0 Å². The molecule has 17 heavy (non-hydrogen) atoms. The number of halogens is 1. The van der Waals surface area contributed by atoms with E-state index in [0.717, 1.165) is 19.5 Å². The van der Waals surface area contributed by atoms with Gasteiger partial charge in [0.2, 0.25) is 11.8 Å². The number of carbonyl (C=O) groups excluding carboxylic acids is 2. The summed E-state index contributed by atoms with van der Waals surface area (Å²) >= 11 is 3.38. The second kappa shape index (κ2) is 5.82. The second-order valence-electron chi connectivity index (χ2n) is 4.86. The van der Waals surface area contributed by atoms with Crippen LogP contribution in [0, 0.1) is 0 Å². The first kappa shape index (κ1) is 14.4. The maximum absolute atomic E-state index is 12.1. The van der Waals surface area contributed by atoms with E-state index in [1.165, 1.54) is 0 Å². The molecule has 2 amide bonds. The first-order valence-corrected chi connectivity index (χ1v) is 6.59. The minimum Gasteiger partial charge on any atom is -0.369 e. The highest BCUT2D eigenvalue weighted by molar-refractivity contribution is 9.10. The number of amides is 2. The first-order valence-electron chi connectivity index (χ1n) is 5.79. The fraction of sp³-hybridized carbons (Fsp3) is 0.818. The van der Waals surface area contributed by atoms with E-state index in [4.69, 9.17) is 5.73 Å². The van der Waals surface area contributed by atoms with Crippen molar-refractivity contribution < 1.29 is 9.59 Å². The minimum atomic E-state index is -0.522. The Labute approximate surface area is 110 Å². The third kappa shape index (κ3) is 4.63. The van der Waals surface area contributed by atoms with Crippen LogP contribution in [-0.2, 0) is 9.59 Å². The summed E-state index contributed by atoms with van der Waals surface area (Å²) < 4.78 is -0.522. The van der Waals surface area contributed by atoms with Gasteiger partial charge in [0.05, 0.1) is 10.9 Å². The van der Waals surface area contributed by atoms with Crippen molar-refractivity contribution in [2.75, 3.05) is 32.7 Å². The zero-order valence-electron chi connectivity index (χ0n) is 10.4. The molecule has 0 unspecified atom stereocenters. The van der Waals surface area contributed by atoms with Gasteiger partial charge < -0.3 is 10.6 Å². The molecule has 6 heteroatoms. The number of hydrogen-bond donors (Lipinski definition) is 1. The molecule has 1 aliphatic heterocycles. The summed E-state index contributed by atoms with van der Waals surface area (Å²) in [4.78, 5) is 26.8. The van der Waals surface area contributed by atoms with Gasteiger partial charge in [-0.25, -0.2) is 0 Å². The van der Waals surface area contributed by atoms with Crippen LogP contribution in [0.5, 0.6) is 0 Å². The first-order chi connectivity index (χ1) is 7.80. The Morgan fingerprint density at radius 2 is 1.88 bits per heavy atom. The number of nitrogens with zero attached hydrogens (tertiary/aromatic N) is 2. The highest BCUT2D eigenvalue weighted by Gasteiger charge is 2.30. The molecule has 0 saturated carbocycles. The predicted octanol–water partition coefficient (Wildman–Crippen LogP) is 0.180. The lowest BCUT2D eigenvalue weighted by Crippen LogP contribution is -2.44. The van der Waals surface area contributed by atoms with Gasteiger partial charge in [0.1, 0.15) is 0 Å². The Kier molecular flexibility index (Phi) is 4.94. The average Bonchev–Trinajstić information content (AvgIpc) is 2.40. The van der Waals surface area contributed by atoms with E-state index >= 15 is 0 Å². The fourth-order valence-corrected chi connectivity index (χ4v) is 2.18. The molecule has 1 saturated heterocycles. The minimum absolute atomic E-state index is 0.0958. The molecular formula is C11H20BrN3O2. The molecule has 0 bridgehead atoms. The molecule has 0 aromatic heterocycles. The molecule has 0 radical (unpaired) electrons. The van der Waals surface area contributed by atoms with Gasteiger partial charge in [0, 0.05) is 26.2 Å². The van der Waals surface area contributed by atoms with Crippen molar-refractivity contribution >= 4 is 27.7 Å². The van der Waals surface area contributed by atoms with Gasteiger partial charge in [0.15, 0.2) is 0 Å². The van der Waals surface area contributed by atoms with Gasteiger partial charge >= 0.3 is 0 Å². The summed E-state index contributed by atoms with van der Waals surface area (Å²) in [6.45, 7) is 6.89. The summed E-state index contributed by atoms with van der Waals surface area (Å²) in [5.74, 6) is -0.218. The molecule has 0 aromatic carbocycles. The van der Waals surface area contributed by atoms with Crippen LogP contribution >= 0.6 is 15.9 Å². The Bertz CT molecular complexity index is 302. The number of hydrogen-bond acceptors (Lipinski definition) is 3. The van der Waals surface area contributed by atoms with Crippen molar-refractivity contribution in [3.63, 3.8) is 0 Å². The number of primary amides is 1. The standard InChI is InChI=1S/C11H20BrN3O2/c1-11(2,12)10(17)15-5-3-4-14(6-7-15)8-9(13)16/h3-8H2,1-2H3,(H2,13,16). The quantitative estimate of drug-likeness (QED) is 0.757. The second-order valence-corrected chi connectivity index (χ2v) is 6.84. The van der Waals surface area contributed by atoms with Crippen LogP contribution in [0.3, 0.4) is 0 Å². The summed E-state index contributed by atoms with van der Waals surface area (Å²) in [6, 6.07) is 0. The van der Waals surface area contributed by atoms with Crippen LogP contribution in [0.4, 0.5) is 0 Å². The summed E-state index contributed by atoms with van der Waals surface area (Å²) in [7, 11) is 0. The van der Waals surface area contributed by atoms with Crippen molar-refractivity contribution in [3.05, 3.63) is 0 Å². The Morgan fingerprint density at radius 3 is 2.41 bits per heavy atom. The van der Waals surface area contributed by atoms with Gasteiger partial charge in [-0.3, -0.25) is 14.5 Å². The molecule has 0 spiro atoms. The van der Waals surface area contributed by atoms with Crippen LogP contribution in [0.1, 0.15) is 20.3 Å². The van der Waals surface area contributed by atoms with E-state index < -0.39 is 4.32 Å². The number of carbonyl (C=O) groups is 2. The molecule has 0 aliphatic carbocycles. The molecule has 2 N–H and O–H groups in total. The molecule has 98 valence electrons. The van der Waals surface area contributed by atoms with Crippen LogP contribution < -0.4 is 5.73 Å². The molecule has 1 aliphatic rings. The smallest absolute Gasteiger partial charge is 0.238 e. The molecule has 1 rings (SSSR count). The highest BCUT2D eigenvalue weighted by atomic mass is 79.9. The van der Waals surface area contributed by atoms with Crippen molar-refractivity contribution in [1.29, 1.82) is 0 Å². The van der Waals surface area contributed by atoms with Gasteiger partial charge in [-0.15, -0.1) is 0 Å². The van der Waals surface area contributed by atoms with E-state index in [9.17, 15) is 9.59 Å². The zero-order chi connectivity index (χ0) is 13.1. The number of nitrogens with two attached hydrogens (primary N) is 1. The third-order valence-electron chi connectivity index (χ3n) is 2.76. The monoisotopic (exact) mass is 305 g/mol. The third-order valence-corrected chi connectivity index (χ3v) is 3.10. The lowest BCUT2D eigenvalue weighted by molar-refractivity contribution is -0.132. The Hall–Kier alpha value is -0.620. The topological polar surface area (TPSA) is 66.6 Å². The van der Waals surface area contributed by atoms with Gasteiger partial charge in [-0.05, 0) is 20.3 Å². The largest absolute Gasteiger partial charge is 0.369 e. The summed E-state index contributed by atoms with van der Waals surface area (Å²) in [6.07, 6.45) is 0.877. The normalized spacial score (nSPS) is 18.9. The Balaban J connectivity index is 2.53. The van der Waals surface area contributed by atoms with Crippen LogP contribution in [-0.4, -0.2) is 58.7 Å². The van der Waals surface area contributed by atoms with Crippen molar-refractivity contribution in [3.8, 4) is 0 Å². The van der Waals surface area contributed by atoms with Gasteiger partial charge in [-0.1, -0.05) is 15.9 Å². The van der Waals surface area contributed by atoms with Crippen molar-refractivity contribution in [2.45, 2.75) is 24.6 Å². The highest BCUT2D eigenvalue weighted by Crippen LogP contribution is 2.20. The zero-order valence-corrected chi connectivity index (χ0v) is 12.0. The average molecular weight is 306 g/mol. The van der Waals surface area contributed by atoms with E-state index in [-0.39, 0.29) is 18.4 Å².